The summed E-state index contributed by atoms with van der Waals surface area (Å²) in [6.45, 7) is 5.16. The van der Waals surface area contributed by atoms with Crippen molar-refractivity contribution < 1.29 is 9.53 Å². The summed E-state index contributed by atoms with van der Waals surface area (Å²) in [5.74, 6) is -0.132. The van der Waals surface area contributed by atoms with E-state index in [1.807, 2.05) is 25.1 Å². The Kier molecular flexibility index (Phi) is 7.11. The van der Waals surface area contributed by atoms with Crippen LogP contribution in [0.15, 0.2) is 30.3 Å². The molecule has 1 aromatic rings. The molecule has 0 aliphatic carbocycles. The topological polar surface area (TPSA) is 38.3 Å². The predicted molar refractivity (Wildman–Crippen MR) is 73.5 cm³/mol. The highest BCUT2D eigenvalue weighted by atomic mass is 16.5. The second-order valence-electron chi connectivity index (χ2n) is 4.28. The minimum absolute atomic E-state index is 0.132. The first kappa shape index (κ1) is 14.7. The number of hydrogen-bond donors (Lipinski definition) is 1. The molecule has 1 N–H and O–H groups in total. The van der Waals surface area contributed by atoms with E-state index < -0.39 is 0 Å². The molecule has 1 atom stereocenters. The molecule has 0 spiro atoms. The van der Waals surface area contributed by atoms with E-state index in [1.165, 1.54) is 5.56 Å². The molecule has 1 aromatic carbocycles. The Balaban J connectivity index is 2.35. The molecule has 3 nitrogen and oxygen atoms in total. The zero-order valence-corrected chi connectivity index (χ0v) is 11.3. The molecule has 0 saturated carbocycles. The van der Waals surface area contributed by atoms with Crippen LogP contribution in [0.5, 0.6) is 0 Å². The van der Waals surface area contributed by atoms with Gasteiger partial charge in [0.05, 0.1) is 6.61 Å². The number of ether oxygens (including phenoxy) is 1. The fourth-order valence-corrected chi connectivity index (χ4v) is 1.87. The Morgan fingerprint density at radius 3 is 2.61 bits per heavy atom. The summed E-state index contributed by atoms with van der Waals surface area (Å²) in [6.07, 6.45) is 2.73. The maximum Gasteiger partial charge on any atom is 0.323 e. The van der Waals surface area contributed by atoms with Gasteiger partial charge in [-0.1, -0.05) is 43.7 Å². The van der Waals surface area contributed by atoms with Gasteiger partial charge in [-0.25, -0.2) is 0 Å². The van der Waals surface area contributed by atoms with E-state index in [2.05, 4.69) is 24.4 Å². The molecule has 0 saturated heterocycles. The van der Waals surface area contributed by atoms with Gasteiger partial charge in [0.1, 0.15) is 6.04 Å². The van der Waals surface area contributed by atoms with Crippen molar-refractivity contribution in [2.24, 2.45) is 0 Å². The molecule has 0 aromatic heterocycles. The van der Waals surface area contributed by atoms with Gasteiger partial charge in [0, 0.05) is 0 Å². The second-order valence-corrected chi connectivity index (χ2v) is 4.28. The smallest absolute Gasteiger partial charge is 0.323 e. The zero-order chi connectivity index (χ0) is 13.2. The third-order valence-electron chi connectivity index (χ3n) is 2.80. The van der Waals surface area contributed by atoms with Crippen molar-refractivity contribution in [3.8, 4) is 0 Å². The lowest BCUT2D eigenvalue weighted by atomic mass is 10.1. The number of carbonyl (C=O) groups excluding carboxylic acids is 1. The molecular formula is C15H23NO2. The van der Waals surface area contributed by atoms with Crippen LogP contribution < -0.4 is 5.32 Å². The normalized spacial score (nSPS) is 12.1. The minimum atomic E-state index is -0.168. The molecule has 0 fully saturated rings. The molecule has 18 heavy (non-hydrogen) atoms. The van der Waals surface area contributed by atoms with E-state index in [4.69, 9.17) is 4.74 Å². The number of rotatable bonds is 8. The summed E-state index contributed by atoms with van der Waals surface area (Å²) < 4.78 is 5.06. The van der Waals surface area contributed by atoms with Crippen LogP contribution in [0.1, 0.15) is 32.3 Å². The number of esters is 1. The molecule has 3 heteroatoms. The fraction of sp³-hybridized carbons (Fsp3) is 0.533. The Morgan fingerprint density at radius 2 is 2.00 bits per heavy atom. The van der Waals surface area contributed by atoms with E-state index in [0.29, 0.717) is 6.61 Å². The van der Waals surface area contributed by atoms with Crippen LogP contribution in [0.25, 0.3) is 0 Å². The second kappa shape index (κ2) is 8.70. The monoisotopic (exact) mass is 249 g/mol. The van der Waals surface area contributed by atoms with Crippen molar-refractivity contribution in [3.63, 3.8) is 0 Å². The quantitative estimate of drug-likeness (QED) is 0.720. The van der Waals surface area contributed by atoms with Crippen LogP contribution >= 0.6 is 0 Å². The summed E-state index contributed by atoms with van der Waals surface area (Å²) in [7, 11) is 0. The van der Waals surface area contributed by atoms with E-state index in [1.54, 1.807) is 0 Å². The summed E-state index contributed by atoms with van der Waals surface area (Å²) in [6, 6.07) is 10.1. The molecular weight excluding hydrogens is 226 g/mol. The highest BCUT2D eigenvalue weighted by molar-refractivity contribution is 5.75. The first-order chi connectivity index (χ1) is 8.77. The van der Waals surface area contributed by atoms with Crippen LogP contribution in [0.4, 0.5) is 0 Å². The largest absolute Gasteiger partial charge is 0.465 e. The number of benzene rings is 1. The lowest BCUT2D eigenvalue weighted by Crippen LogP contribution is -2.39. The van der Waals surface area contributed by atoms with Gasteiger partial charge in [-0.05, 0) is 31.9 Å². The van der Waals surface area contributed by atoms with Gasteiger partial charge in [-0.2, -0.15) is 0 Å². The third kappa shape index (κ3) is 5.32. The van der Waals surface area contributed by atoms with E-state index in [-0.39, 0.29) is 12.0 Å². The average molecular weight is 249 g/mol. The Labute approximate surface area is 110 Å². The van der Waals surface area contributed by atoms with Gasteiger partial charge in [0.25, 0.3) is 0 Å². The summed E-state index contributed by atoms with van der Waals surface area (Å²) >= 11 is 0. The molecule has 1 rings (SSSR count). The molecule has 0 aliphatic heterocycles. The van der Waals surface area contributed by atoms with Gasteiger partial charge in [-0.15, -0.1) is 0 Å². The minimum Gasteiger partial charge on any atom is -0.465 e. The maximum absolute atomic E-state index is 11.7. The maximum atomic E-state index is 11.7. The van der Waals surface area contributed by atoms with Crippen molar-refractivity contribution in [1.82, 2.24) is 5.32 Å². The average Bonchev–Trinajstić information content (AvgIpc) is 2.39. The highest BCUT2D eigenvalue weighted by Gasteiger charge is 2.17. The van der Waals surface area contributed by atoms with Crippen LogP contribution in [-0.2, 0) is 16.0 Å². The summed E-state index contributed by atoms with van der Waals surface area (Å²) in [5.41, 5.74) is 1.28. The molecule has 0 bridgehead atoms. The van der Waals surface area contributed by atoms with Gasteiger partial charge in [0.2, 0.25) is 0 Å². The fourth-order valence-electron chi connectivity index (χ4n) is 1.87. The van der Waals surface area contributed by atoms with Crippen LogP contribution in [0.2, 0.25) is 0 Å². The Bertz CT molecular complexity index is 338. The Hall–Kier alpha value is -1.35. The van der Waals surface area contributed by atoms with Crippen molar-refractivity contribution >= 4 is 5.97 Å². The van der Waals surface area contributed by atoms with E-state index in [0.717, 1.165) is 25.8 Å². The number of carbonyl (C=O) groups is 1. The summed E-state index contributed by atoms with van der Waals surface area (Å²) in [5, 5.41) is 3.28. The van der Waals surface area contributed by atoms with E-state index >= 15 is 0 Å². The lowest BCUT2D eigenvalue weighted by Gasteiger charge is -2.16. The van der Waals surface area contributed by atoms with Gasteiger partial charge in [0.15, 0.2) is 0 Å². The molecule has 0 heterocycles. The van der Waals surface area contributed by atoms with Crippen LogP contribution in [0, 0.1) is 0 Å². The van der Waals surface area contributed by atoms with Crippen molar-refractivity contribution in [1.29, 1.82) is 0 Å². The lowest BCUT2D eigenvalue weighted by molar-refractivity contribution is -0.145. The predicted octanol–water partition coefficient (Wildman–Crippen LogP) is 2.55. The molecule has 0 aliphatic rings. The van der Waals surface area contributed by atoms with Crippen LogP contribution in [-0.4, -0.2) is 25.2 Å². The number of hydrogen-bond acceptors (Lipinski definition) is 3. The van der Waals surface area contributed by atoms with Gasteiger partial charge in [-0.3, -0.25) is 4.79 Å². The SMILES string of the molecule is CCCC(NCCc1ccccc1)C(=O)OCC. The molecule has 0 radical (unpaired) electrons. The van der Waals surface area contributed by atoms with Crippen LogP contribution in [0.3, 0.4) is 0 Å². The van der Waals surface area contributed by atoms with Crippen molar-refractivity contribution in [3.05, 3.63) is 35.9 Å². The zero-order valence-electron chi connectivity index (χ0n) is 11.3. The van der Waals surface area contributed by atoms with Crippen molar-refractivity contribution in [2.75, 3.05) is 13.2 Å². The van der Waals surface area contributed by atoms with E-state index in [9.17, 15) is 4.79 Å². The molecule has 100 valence electrons. The van der Waals surface area contributed by atoms with Crippen molar-refractivity contribution in [2.45, 2.75) is 39.2 Å². The van der Waals surface area contributed by atoms with Gasteiger partial charge < -0.3 is 10.1 Å². The molecule has 0 amide bonds. The highest BCUT2D eigenvalue weighted by Crippen LogP contribution is 2.02. The summed E-state index contributed by atoms with van der Waals surface area (Å²) in [4.78, 5) is 11.7. The third-order valence-corrected chi connectivity index (χ3v) is 2.80. The van der Waals surface area contributed by atoms with Gasteiger partial charge >= 0.3 is 5.97 Å². The first-order valence-corrected chi connectivity index (χ1v) is 6.71. The molecule has 1 unspecified atom stereocenters. The standard InChI is InChI=1S/C15H23NO2/c1-3-8-14(15(17)18-4-2)16-12-11-13-9-6-5-7-10-13/h5-7,9-10,14,16H,3-4,8,11-12H2,1-2H3. The first-order valence-electron chi connectivity index (χ1n) is 6.71. The Morgan fingerprint density at radius 1 is 1.28 bits per heavy atom. The number of nitrogens with one attached hydrogen (secondary N) is 1.